The Balaban J connectivity index is 1.99. The summed E-state index contributed by atoms with van der Waals surface area (Å²) in [6, 6.07) is 7.10. The van der Waals surface area contributed by atoms with E-state index in [1.165, 1.54) is 0 Å². The van der Waals surface area contributed by atoms with Crippen molar-refractivity contribution in [1.29, 1.82) is 0 Å². The predicted octanol–water partition coefficient (Wildman–Crippen LogP) is 1.66. The third kappa shape index (κ3) is 3.67. The topological polar surface area (TPSA) is 64.8 Å². The highest BCUT2D eigenvalue weighted by atomic mass is 16.6. The first-order valence-electron chi connectivity index (χ1n) is 7.45. The van der Waals surface area contributed by atoms with Gasteiger partial charge < -0.3 is 20.1 Å². The molecule has 5 nitrogen and oxygen atoms in total. The summed E-state index contributed by atoms with van der Waals surface area (Å²) in [5.41, 5.74) is 5.95. The molecule has 1 aromatic rings. The summed E-state index contributed by atoms with van der Waals surface area (Å²) in [7, 11) is 0. The maximum atomic E-state index is 12.3. The molecular formula is C16H24N2O3. The molecule has 0 spiro atoms. The summed E-state index contributed by atoms with van der Waals surface area (Å²) in [5, 5.41) is 0. The fraction of sp³-hybridized carbons (Fsp3) is 0.562. The Morgan fingerprint density at radius 2 is 2.05 bits per heavy atom. The number of para-hydroxylation sites is 2. The summed E-state index contributed by atoms with van der Waals surface area (Å²) in [5.74, 6) is 1.57. The molecule has 2 atom stereocenters. The van der Waals surface area contributed by atoms with E-state index in [9.17, 15) is 4.79 Å². The van der Waals surface area contributed by atoms with E-state index in [1.54, 1.807) is 4.90 Å². The minimum absolute atomic E-state index is 0.0324. The maximum Gasteiger partial charge on any atom is 0.239 e. The van der Waals surface area contributed by atoms with E-state index in [4.69, 9.17) is 15.2 Å². The van der Waals surface area contributed by atoms with Crippen LogP contribution < -0.4 is 15.2 Å². The minimum Gasteiger partial charge on any atom is -0.486 e. The monoisotopic (exact) mass is 292 g/mol. The number of rotatable bonds is 5. The molecule has 0 bridgehead atoms. The predicted molar refractivity (Wildman–Crippen MR) is 81.4 cm³/mol. The number of carbonyl (C=O) groups excluding carboxylic acids is 1. The lowest BCUT2D eigenvalue weighted by Crippen LogP contribution is -2.50. The van der Waals surface area contributed by atoms with Crippen LogP contribution in [0, 0.1) is 5.92 Å². The van der Waals surface area contributed by atoms with E-state index in [-0.39, 0.29) is 17.9 Å². The maximum absolute atomic E-state index is 12.3. The lowest BCUT2D eigenvalue weighted by Gasteiger charge is -2.32. The van der Waals surface area contributed by atoms with Crippen LogP contribution in [0.4, 0.5) is 0 Å². The Morgan fingerprint density at radius 1 is 1.38 bits per heavy atom. The van der Waals surface area contributed by atoms with Crippen molar-refractivity contribution < 1.29 is 14.3 Å². The number of hydrogen-bond donors (Lipinski definition) is 1. The Morgan fingerprint density at radius 3 is 2.67 bits per heavy atom. The molecule has 0 radical (unpaired) electrons. The quantitative estimate of drug-likeness (QED) is 0.896. The van der Waals surface area contributed by atoms with Gasteiger partial charge in [0.15, 0.2) is 17.6 Å². The molecular weight excluding hydrogens is 268 g/mol. The third-order valence-corrected chi connectivity index (χ3v) is 3.69. The van der Waals surface area contributed by atoms with E-state index >= 15 is 0 Å². The van der Waals surface area contributed by atoms with Crippen molar-refractivity contribution in [2.45, 2.75) is 32.9 Å². The van der Waals surface area contributed by atoms with Crippen molar-refractivity contribution in [3.05, 3.63) is 24.3 Å². The summed E-state index contributed by atoms with van der Waals surface area (Å²) >= 11 is 0. The Labute approximate surface area is 126 Å². The molecule has 2 rings (SSSR count). The van der Waals surface area contributed by atoms with Crippen molar-refractivity contribution in [2.75, 3.05) is 19.7 Å². The highest BCUT2D eigenvalue weighted by molar-refractivity contribution is 5.81. The number of likely N-dealkylation sites (N-methyl/N-ethyl adjacent to an activating group) is 1. The highest BCUT2D eigenvalue weighted by Gasteiger charge is 2.28. The number of amides is 1. The van der Waals surface area contributed by atoms with Crippen molar-refractivity contribution in [3.8, 4) is 11.5 Å². The lowest BCUT2D eigenvalue weighted by atomic mass is 10.0. The van der Waals surface area contributed by atoms with Crippen molar-refractivity contribution >= 4 is 5.91 Å². The number of nitrogens with two attached hydrogens (primary N) is 1. The zero-order valence-corrected chi connectivity index (χ0v) is 12.9. The van der Waals surface area contributed by atoms with Gasteiger partial charge >= 0.3 is 0 Å². The third-order valence-electron chi connectivity index (χ3n) is 3.69. The van der Waals surface area contributed by atoms with Crippen molar-refractivity contribution in [3.63, 3.8) is 0 Å². The second-order valence-corrected chi connectivity index (χ2v) is 5.64. The van der Waals surface area contributed by atoms with Crippen LogP contribution in [0.25, 0.3) is 0 Å². The molecule has 0 aliphatic carbocycles. The van der Waals surface area contributed by atoms with Crippen LogP contribution in [0.2, 0.25) is 0 Å². The van der Waals surface area contributed by atoms with Crippen LogP contribution in [0.3, 0.4) is 0 Å². The van der Waals surface area contributed by atoms with E-state index in [0.717, 1.165) is 11.5 Å². The van der Waals surface area contributed by atoms with Gasteiger partial charge in [0, 0.05) is 6.54 Å². The standard InChI is InChI=1S/C16H24N2O3/c1-4-18(16(19)15(17)11(2)3)9-12-10-20-13-7-5-6-8-14(13)21-12/h5-8,11-12,15H,4,9-10,17H2,1-3H3/t12?,15-/m1/s1. The number of benzene rings is 1. The fourth-order valence-corrected chi connectivity index (χ4v) is 2.27. The molecule has 5 heteroatoms. The van der Waals surface area contributed by atoms with E-state index in [0.29, 0.717) is 19.7 Å². The van der Waals surface area contributed by atoms with Crippen molar-refractivity contribution in [1.82, 2.24) is 4.90 Å². The van der Waals surface area contributed by atoms with Gasteiger partial charge in [0.05, 0.1) is 12.6 Å². The number of carbonyl (C=O) groups is 1. The van der Waals surface area contributed by atoms with E-state index in [1.807, 2.05) is 45.0 Å². The van der Waals surface area contributed by atoms with Gasteiger partial charge in [0.2, 0.25) is 5.91 Å². The second kappa shape index (κ2) is 6.80. The van der Waals surface area contributed by atoms with Crippen LogP contribution in [-0.4, -0.2) is 42.6 Å². The molecule has 1 aliphatic heterocycles. The number of nitrogens with zero attached hydrogens (tertiary/aromatic N) is 1. The molecule has 1 aromatic carbocycles. The zero-order valence-electron chi connectivity index (χ0n) is 12.9. The summed E-state index contributed by atoms with van der Waals surface area (Å²) in [6.45, 7) is 7.39. The normalized spacial score (nSPS) is 18.4. The summed E-state index contributed by atoms with van der Waals surface area (Å²) in [4.78, 5) is 14.1. The summed E-state index contributed by atoms with van der Waals surface area (Å²) in [6.07, 6.45) is -0.164. The zero-order chi connectivity index (χ0) is 15.4. The highest BCUT2D eigenvalue weighted by Crippen LogP contribution is 2.31. The summed E-state index contributed by atoms with van der Waals surface area (Å²) < 4.78 is 11.6. The molecule has 1 unspecified atom stereocenters. The first-order chi connectivity index (χ1) is 10.0. The average Bonchev–Trinajstić information content (AvgIpc) is 2.50. The molecule has 1 heterocycles. The van der Waals surface area contributed by atoms with Crippen molar-refractivity contribution in [2.24, 2.45) is 11.7 Å². The van der Waals surface area contributed by atoms with Gasteiger partial charge in [-0.2, -0.15) is 0 Å². The van der Waals surface area contributed by atoms with Crippen LogP contribution >= 0.6 is 0 Å². The largest absolute Gasteiger partial charge is 0.486 e. The Kier molecular flexibility index (Phi) is 5.07. The van der Waals surface area contributed by atoms with Gasteiger partial charge in [0.1, 0.15) is 6.61 Å². The van der Waals surface area contributed by atoms with Crippen LogP contribution in [0.1, 0.15) is 20.8 Å². The van der Waals surface area contributed by atoms with Gasteiger partial charge in [-0.25, -0.2) is 0 Å². The molecule has 116 valence electrons. The molecule has 0 fully saturated rings. The molecule has 0 saturated carbocycles. The molecule has 21 heavy (non-hydrogen) atoms. The van der Waals surface area contributed by atoms with Gasteiger partial charge in [0.25, 0.3) is 0 Å². The number of hydrogen-bond acceptors (Lipinski definition) is 4. The minimum atomic E-state index is -0.471. The van der Waals surface area contributed by atoms with E-state index < -0.39 is 6.04 Å². The molecule has 1 amide bonds. The fourth-order valence-electron chi connectivity index (χ4n) is 2.27. The first kappa shape index (κ1) is 15.6. The Bertz CT molecular complexity index is 490. The van der Waals surface area contributed by atoms with Gasteiger partial charge in [-0.3, -0.25) is 4.79 Å². The smallest absolute Gasteiger partial charge is 0.239 e. The second-order valence-electron chi connectivity index (χ2n) is 5.64. The Hall–Kier alpha value is -1.75. The first-order valence-corrected chi connectivity index (χ1v) is 7.45. The average molecular weight is 292 g/mol. The molecule has 0 saturated heterocycles. The molecule has 0 aromatic heterocycles. The van der Waals surface area contributed by atoms with Crippen LogP contribution in [-0.2, 0) is 4.79 Å². The molecule has 1 aliphatic rings. The van der Waals surface area contributed by atoms with Crippen LogP contribution in [0.15, 0.2) is 24.3 Å². The van der Waals surface area contributed by atoms with Gasteiger partial charge in [-0.1, -0.05) is 26.0 Å². The van der Waals surface area contributed by atoms with Gasteiger partial charge in [-0.05, 0) is 25.0 Å². The SMILES string of the molecule is CCN(CC1COc2ccccc2O1)C(=O)[C@H](N)C(C)C. The number of fused-ring (bicyclic) bond motifs is 1. The lowest BCUT2D eigenvalue weighted by molar-refractivity contribution is -0.134. The van der Waals surface area contributed by atoms with Crippen LogP contribution in [0.5, 0.6) is 11.5 Å². The van der Waals surface area contributed by atoms with E-state index in [2.05, 4.69) is 0 Å². The van der Waals surface area contributed by atoms with Gasteiger partial charge in [-0.15, -0.1) is 0 Å². The molecule has 2 N–H and O–H groups in total. The number of ether oxygens (including phenoxy) is 2.